The van der Waals surface area contributed by atoms with Crippen LogP contribution in [-0.2, 0) is 6.54 Å². The van der Waals surface area contributed by atoms with E-state index in [0.717, 1.165) is 0 Å². The fourth-order valence-electron chi connectivity index (χ4n) is 1.53. The van der Waals surface area contributed by atoms with Gasteiger partial charge in [0.1, 0.15) is 5.69 Å². The molecule has 2 rings (SSSR count). The Morgan fingerprint density at radius 3 is 2.93 bits per heavy atom. The Morgan fingerprint density at radius 2 is 2.36 bits per heavy atom. The van der Waals surface area contributed by atoms with Gasteiger partial charge in [-0.15, -0.1) is 0 Å². The number of hydrogen-bond donors (Lipinski definition) is 1. The second kappa shape index (κ2) is 3.61. The lowest BCUT2D eigenvalue weighted by molar-refractivity contribution is 0.262. The molecule has 0 amide bonds. The molecule has 1 aliphatic rings. The van der Waals surface area contributed by atoms with E-state index >= 15 is 0 Å². The van der Waals surface area contributed by atoms with E-state index in [1.165, 1.54) is 30.1 Å². The Kier molecular flexibility index (Phi) is 2.46. The highest BCUT2D eigenvalue weighted by Crippen LogP contribution is 2.27. The third-order valence-electron chi connectivity index (χ3n) is 2.69. The smallest absolute Gasteiger partial charge is 0.291 e. The third-order valence-corrected chi connectivity index (χ3v) is 2.99. The van der Waals surface area contributed by atoms with Crippen LogP contribution in [0.25, 0.3) is 0 Å². The first kappa shape index (κ1) is 9.52. The summed E-state index contributed by atoms with van der Waals surface area (Å²) in [7, 11) is 0. The maximum atomic E-state index is 11.6. The van der Waals surface area contributed by atoms with Crippen LogP contribution >= 0.6 is 11.6 Å². The zero-order valence-electron chi connectivity index (χ0n) is 7.74. The second-order valence-electron chi connectivity index (χ2n) is 3.69. The first-order valence-corrected chi connectivity index (χ1v) is 5.07. The van der Waals surface area contributed by atoms with Crippen LogP contribution < -0.4 is 11.3 Å². The van der Waals surface area contributed by atoms with Crippen molar-refractivity contribution in [3.05, 3.63) is 21.6 Å². The summed E-state index contributed by atoms with van der Waals surface area (Å²) in [5, 5.41) is 4.19. The van der Waals surface area contributed by atoms with Gasteiger partial charge >= 0.3 is 0 Å². The van der Waals surface area contributed by atoms with Gasteiger partial charge in [-0.3, -0.25) is 4.79 Å². The van der Waals surface area contributed by atoms with Crippen LogP contribution in [0.3, 0.4) is 0 Å². The average molecular weight is 214 g/mol. The van der Waals surface area contributed by atoms with Crippen molar-refractivity contribution in [2.24, 2.45) is 5.92 Å². The first-order chi connectivity index (χ1) is 6.68. The van der Waals surface area contributed by atoms with Gasteiger partial charge in [0, 0.05) is 6.54 Å². The zero-order valence-corrected chi connectivity index (χ0v) is 8.50. The largest absolute Gasteiger partial charge is 0.393 e. The van der Waals surface area contributed by atoms with Crippen molar-refractivity contribution in [2.75, 3.05) is 5.73 Å². The molecule has 1 aromatic heterocycles. The van der Waals surface area contributed by atoms with Gasteiger partial charge in [-0.1, -0.05) is 18.0 Å². The summed E-state index contributed by atoms with van der Waals surface area (Å²) in [4.78, 5) is 11.6. The van der Waals surface area contributed by atoms with Gasteiger partial charge in [0.15, 0.2) is 0 Å². The van der Waals surface area contributed by atoms with Crippen molar-refractivity contribution in [3.8, 4) is 0 Å². The molecule has 0 bridgehead atoms. The van der Waals surface area contributed by atoms with E-state index in [1.54, 1.807) is 0 Å². The normalized spacial score (nSPS) is 16.6. The lowest BCUT2D eigenvalue weighted by Gasteiger charge is -2.25. The van der Waals surface area contributed by atoms with Crippen LogP contribution in [0.5, 0.6) is 0 Å². The average Bonchev–Trinajstić information content (AvgIpc) is 2.10. The van der Waals surface area contributed by atoms with E-state index in [0.29, 0.717) is 12.5 Å². The van der Waals surface area contributed by atoms with E-state index in [2.05, 4.69) is 5.10 Å². The van der Waals surface area contributed by atoms with Gasteiger partial charge in [-0.2, -0.15) is 5.10 Å². The molecule has 1 fully saturated rings. The Balaban J connectivity index is 2.25. The van der Waals surface area contributed by atoms with Crippen LogP contribution in [0, 0.1) is 5.92 Å². The van der Waals surface area contributed by atoms with Crippen LogP contribution in [0.1, 0.15) is 19.3 Å². The number of rotatable bonds is 2. The molecule has 76 valence electrons. The lowest BCUT2D eigenvalue weighted by Crippen LogP contribution is -2.30. The van der Waals surface area contributed by atoms with Crippen molar-refractivity contribution in [1.82, 2.24) is 9.78 Å². The minimum Gasteiger partial charge on any atom is -0.393 e. The molecule has 0 saturated heterocycles. The Bertz CT molecular complexity index is 398. The Labute approximate surface area is 86.7 Å². The summed E-state index contributed by atoms with van der Waals surface area (Å²) in [6.45, 7) is 0.667. The van der Waals surface area contributed by atoms with E-state index in [-0.39, 0.29) is 16.3 Å². The minimum atomic E-state index is -0.274. The standard InChI is InChI=1S/C9H12ClN3O/c10-7-4-12-13(9(14)8(7)11)5-6-2-1-3-6/h4,6H,1-3,5,11H2. The summed E-state index contributed by atoms with van der Waals surface area (Å²) in [5.74, 6) is 0.584. The number of aromatic nitrogens is 2. The predicted molar refractivity (Wildman–Crippen MR) is 55.3 cm³/mol. The van der Waals surface area contributed by atoms with Crippen molar-refractivity contribution in [2.45, 2.75) is 25.8 Å². The number of anilines is 1. The molecule has 0 aliphatic heterocycles. The van der Waals surface area contributed by atoms with Crippen LogP contribution in [0.15, 0.2) is 11.0 Å². The van der Waals surface area contributed by atoms with Crippen LogP contribution in [-0.4, -0.2) is 9.78 Å². The second-order valence-corrected chi connectivity index (χ2v) is 4.10. The summed E-state index contributed by atoms with van der Waals surface area (Å²) < 4.78 is 1.41. The quantitative estimate of drug-likeness (QED) is 0.805. The van der Waals surface area contributed by atoms with Gasteiger partial charge in [0.2, 0.25) is 0 Å². The molecule has 2 N–H and O–H groups in total. The van der Waals surface area contributed by atoms with E-state index < -0.39 is 0 Å². The molecule has 0 unspecified atom stereocenters. The van der Waals surface area contributed by atoms with Crippen LogP contribution in [0.2, 0.25) is 5.02 Å². The van der Waals surface area contributed by atoms with E-state index in [9.17, 15) is 4.79 Å². The number of nitrogen functional groups attached to an aromatic ring is 1. The maximum Gasteiger partial charge on any atom is 0.291 e. The highest BCUT2D eigenvalue weighted by molar-refractivity contribution is 6.32. The number of nitrogens with two attached hydrogens (primary N) is 1. The fourth-order valence-corrected chi connectivity index (χ4v) is 1.66. The molecule has 0 spiro atoms. The van der Waals surface area contributed by atoms with Crippen molar-refractivity contribution < 1.29 is 0 Å². The molecular formula is C9H12ClN3O. The van der Waals surface area contributed by atoms with Crippen molar-refractivity contribution in [1.29, 1.82) is 0 Å². The molecule has 5 heteroatoms. The van der Waals surface area contributed by atoms with E-state index in [4.69, 9.17) is 17.3 Å². The highest BCUT2D eigenvalue weighted by Gasteiger charge is 2.19. The molecule has 0 aromatic carbocycles. The van der Waals surface area contributed by atoms with Gasteiger partial charge in [-0.05, 0) is 18.8 Å². The number of halogens is 1. The van der Waals surface area contributed by atoms with Gasteiger partial charge in [0.25, 0.3) is 5.56 Å². The van der Waals surface area contributed by atoms with Gasteiger partial charge in [0.05, 0.1) is 11.2 Å². The molecule has 0 atom stereocenters. The Hall–Kier alpha value is -1.03. The van der Waals surface area contributed by atoms with Crippen molar-refractivity contribution >= 4 is 17.3 Å². The SMILES string of the molecule is Nc1c(Cl)cnn(CC2CCC2)c1=O. The predicted octanol–water partition coefficient (Wildman–Crippen LogP) is 1.28. The molecule has 0 radical (unpaired) electrons. The van der Waals surface area contributed by atoms with E-state index in [1.807, 2.05) is 0 Å². The summed E-state index contributed by atoms with van der Waals surface area (Å²) >= 11 is 5.67. The first-order valence-electron chi connectivity index (χ1n) is 4.69. The molecule has 4 nitrogen and oxygen atoms in total. The lowest BCUT2D eigenvalue weighted by atomic mass is 9.85. The Morgan fingerprint density at radius 1 is 1.64 bits per heavy atom. The number of nitrogens with zero attached hydrogens (tertiary/aromatic N) is 2. The molecule has 1 saturated carbocycles. The van der Waals surface area contributed by atoms with Crippen LogP contribution in [0.4, 0.5) is 5.69 Å². The topological polar surface area (TPSA) is 60.9 Å². The van der Waals surface area contributed by atoms with Gasteiger partial charge < -0.3 is 5.73 Å². The van der Waals surface area contributed by atoms with Gasteiger partial charge in [-0.25, -0.2) is 4.68 Å². The summed E-state index contributed by atoms with van der Waals surface area (Å²) in [6.07, 6.45) is 5.03. The summed E-state index contributed by atoms with van der Waals surface area (Å²) in [5.41, 5.74) is 5.34. The highest BCUT2D eigenvalue weighted by atomic mass is 35.5. The molecular weight excluding hydrogens is 202 g/mol. The molecule has 14 heavy (non-hydrogen) atoms. The third kappa shape index (κ3) is 1.62. The zero-order chi connectivity index (χ0) is 10.1. The monoisotopic (exact) mass is 213 g/mol. The molecule has 1 aliphatic carbocycles. The molecule has 1 heterocycles. The van der Waals surface area contributed by atoms with Crippen molar-refractivity contribution in [3.63, 3.8) is 0 Å². The minimum absolute atomic E-state index is 0.0981. The summed E-state index contributed by atoms with van der Waals surface area (Å²) in [6, 6.07) is 0. The maximum absolute atomic E-state index is 11.6. The number of hydrogen-bond acceptors (Lipinski definition) is 3. The molecule has 1 aromatic rings. The fraction of sp³-hybridized carbons (Fsp3) is 0.556.